The number of anilines is 1. The molecular formula is C10H14Cl2N4. The van der Waals surface area contributed by atoms with Gasteiger partial charge in [0, 0.05) is 18.7 Å². The van der Waals surface area contributed by atoms with E-state index < -0.39 is 0 Å². The summed E-state index contributed by atoms with van der Waals surface area (Å²) in [7, 11) is 0. The third-order valence-electron chi connectivity index (χ3n) is 2.69. The lowest BCUT2D eigenvalue weighted by atomic mass is 10.1. The predicted molar refractivity (Wildman–Crippen MR) is 66.2 cm³/mol. The first kappa shape index (κ1) is 11.9. The summed E-state index contributed by atoms with van der Waals surface area (Å²) in [5, 5.41) is 14.8. The van der Waals surface area contributed by atoms with Crippen LogP contribution in [-0.2, 0) is 0 Å². The Hall–Kier alpha value is -0.580. The first-order valence-electron chi connectivity index (χ1n) is 5.41. The number of hydrogen-bond donors (Lipinski definition) is 2. The lowest BCUT2D eigenvalue weighted by Gasteiger charge is -2.11. The van der Waals surface area contributed by atoms with Gasteiger partial charge in [0.05, 0.1) is 5.69 Å². The molecule has 1 aromatic rings. The molecule has 16 heavy (non-hydrogen) atoms. The zero-order valence-electron chi connectivity index (χ0n) is 8.84. The Morgan fingerprint density at radius 3 is 3.06 bits per heavy atom. The van der Waals surface area contributed by atoms with Crippen LogP contribution in [0.1, 0.15) is 19.3 Å². The molecule has 1 saturated heterocycles. The predicted octanol–water partition coefficient (Wildman–Crippen LogP) is 2.34. The zero-order valence-corrected chi connectivity index (χ0v) is 10.4. The maximum Gasteiger partial charge on any atom is 0.174 e. The van der Waals surface area contributed by atoms with Crippen molar-refractivity contribution in [3.05, 3.63) is 16.4 Å². The molecule has 2 heterocycles. The Morgan fingerprint density at radius 1 is 1.44 bits per heavy atom. The van der Waals surface area contributed by atoms with Crippen LogP contribution >= 0.6 is 23.2 Å². The highest BCUT2D eigenvalue weighted by atomic mass is 35.5. The second-order valence-corrected chi connectivity index (χ2v) is 4.63. The van der Waals surface area contributed by atoms with E-state index in [1.165, 1.54) is 12.8 Å². The molecule has 4 nitrogen and oxygen atoms in total. The van der Waals surface area contributed by atoms with Crippen LogP contribution < -0.4 is 10.6 Å². The maximum atomic E-state index is 5.88. The van der Waals surface area contributed by atoms with Gasteiger partial charge >= 0.3 is 0 Å². The van der Waals surface area contributed by atoms with E-state index in [-0.39, 0.29) is 0 Å². The molecule has 6 heteroatoms. The molecule has 1 atom stereocenters. The molecule has 2 rings (SSSR count). The van der Waals surface area contributed by atoms with Crippen LogP contribution in [0.5, 0.6) is 0 Å². The van der Waals surface area contributed by atoms with Crippen molar-refractivity contribution in [2.24, 2.45) is 0 Å². The molecule has 1 fully saturated rings. The minimum atomic E-state index is 0.353. The summed E-state index contributed by atoms with van der Waals surface area (Å²) in [6.45, 7) is 1.99. The Bertz CT molecular complexity index is 353. The molecule has 0 saturated carbocycles. The van der Waals surface area contributed by atoms with Gasteiger partial charge in [-0.3, -0.25) is 0 Å². The number of nitrogens with zero attached hydrogens (tertiary/aromatic N) is 2. The zero-order chi connectivity index (χ0) is 11.4. The normalized spacial score (nSPS) is 20.0. The number of halogens is 2. The third-order valence-corrected chi connectivity index (χ3v) is 3.15. The summed E-state index contributed by atoms with van der Waals surface area (Å²) in [5.41, 5.74) is 0.750. The summed E-state index contributed by atoms with van der Waals surface area (Å²) in [6, 6.07) is 2.32. The Labute approximate surface area is 105 Å². The van der Waals surface area contributed by atoms with Crippen molar-refractivity contribution in [2.45, 2.75) is 25.3 Å². The number of hydrogen-bond acceptors (Lipinski definition) is 4. The number of nitrogens with one attached hydrogen (secondary N) is 2. The first-order chi connectivity index (χ1) is 7.75. The fourth-order valence-corrected chi connectivity index (χ4v) is 2.17. The Kier molecular flexibility index (Phi) is 4.21. The molecule has 1 aliphatic heterocycles. The van der Waals surface area contributed by atoms with Gasteiger partial charge in [0.25, 0.3) is 0 Å². The topological polar surface area (TPSA) is 49.8 Å². The van der Waals surface area contributed by atoms with Crippen LogP contribution in [-0.4, -0.2) is 29.3 Å². The molecule has 0 amide bonds. The standard InChI is InChI=1S/C10H14Cl2N4/c11-9-6-8(10(12)16-15-9)14-5-3-7-2-1-4-13-7/h6-7,13H,1-5H2,(H,14,15)/t7-/m0/s1. The van der Waals surface area contributed by atoms with Crippen LogP contribution in [0.2, 0.25) is 10.3 Å². The van der Waals surface area contributed by atoms with Crippen molar-refractivity contribution in [1.29, 1.82) is 0 Å². The lowest BCUT2D eigenvalue weighted by molar-refractivity contribution is 0.574. The monoisotopic (exact) mass is 260 g/mol. The summed E-state index contributed by atoms with van der Waals surface area (Å²) in [5.74, 6) is 0. The average molecular weight is 261 g/mol. The molecule has 0 unspecified atom stereocenters. The van der Waals surface area contributed by atoms with E-state index in [9.17, 15) is 0 Å². The lowest BCUT2D eigenvalue weighted by Crippen LogP contribution is -2.24. The molecule has 0 aromatic carbocycles. The van der Waals surface area contributed by atoms with E-state index in [0.29, 0.717) is 16.3 Å². The Balaban J connectivity index is 1.82. The molecule has 0 aliphatic carbocycles. The van der Waals surface area contributed by atoms with E-state index in [1.807, 2.05) is 0 Å². The molecule has 0 radical (unpaired) electrons. The van der Waals surface area contributed by atoms with Gasteiger partial charge in [-0.15, -0.1) is 10.2 Å². The van der Waals surface area contributed by atoms with E-state index in [0.717, 1.165) is 25.2 Å². The van der Waals surface area contributed by atoms with E-state index in [1.54, 1.807) is 6.07 Å². The molecule has 88 valence electrons. The van der Waals surface area contributed by atoms with Gasteiger partial charge in [0.1, 0.15) is 0 Å². The van der Waals surface area contributed by atoms with E-state index >= 15 is 0 Å². The highest BCUT2D eigenvalue weighted by Crippen LogP contribution is 2.21. The van der Waals surface area contributed by atoms with Crippen LogP contribution in [0.25, 0.3) is 0 Å². The highest BCUT2D eigenvalue weighted by Gasteiger charge is 2.13. The smallest absolute Gasteiger partial charge is 0.174 e. The minimum Gasteiger partial charge on any atom is -0.382 e. The van der Waals surface area contributed by atoms with Gasteiger partial charge in [-0.05, 0) is 25.8 Å². The second-order valence-electron chi connectivity index (χ2n) is 3.88. The molecule has 1 aliphatic rings. The van der Waals surface area contributed by atoms with Crippen LogP contribution in [0, 0.1) is 0 Å². The fourth-order valence-electron chi connectivity index (χ4n) is 1.86. The minimum absolute atomic E-state index is 0.353. The quantitative estimate of drug-likeness (QED) is 0.873. The summed E-state index contributed by atoms with van der Waals surface area (Å²) in [6.07, 6.45) is 3.61. The van der Waals surface area contributed by atoms with Crippen LogP contribution in [0.4, 0.5) is 5.69 Å². The molecule has 1 aromatic heterocycles. The van der Waals surface area contributed by atoms with Crippen LogP contribution in [0.15, 0.2) is 6.07 Å². The summed E-state index contributed by atoms with van der Waals surface area (Å²) in [4.78, 5) is 0. The van der Waals surface area contributed by atoms with Gasteiger partial charge < -0.3 is 10.6 Å². The van der Waals surface area contributed by atoms with E-state index in [4.69, 9.17) is 23.2 Å². The van der Waals surface area contributed by atoms with E-state index in [2.05, 4.69) is 20.8 Å². The molecular weight excluding hydrogens is 247 g/mol. The van der Waals surface area contributed by atoms with Crippen molar-refractivity contribution in [2.75, 3.05) is 18.4 Å². The van der Waals surface area contributed by atoms with Gasteiger partial charge in [-0.2, -0.15) is 0 Å². The maximum absolute atomic E-state index is 5.88. The largest absolute Gasteiger partial charge is 0.382 e. The first-order valence-corrected chi connectivity index (χ1v) is 6.17. The van der Waals surface area contributed by atoms with Gasteiger partial charge in [-0.25, -0.2) is 0 Å². The Morgan fingerprint density at radius 2 is 2.31 bits per heavy atom. The van der Waals surface area contributed by atoms with Gasteiger partial charge in [0.2, 0.25) is 0 Å². The second kappa shape index (κ2) is 5.66. The number of aromatic nitrogens is 2. The highest BCUT2D eigenvalue weighted by molar-refractivity contribution is 6.33. The summed E-state index contributed by atoms with van der Waals surface area (Å²) >= 11 is 11.6. The van der Waals surface area contributed by atoms with Crippen LogP contribution in [0.3, 0.4) is 0 Å². The average Bonchev–Trinajstić information content (AvgIpc) is 2.76. The number of rotatable bonds is 4. The fraction of sp³-hybridized carbons (Fsp3) is 0.600. The van der Waals surface area contributed by atoms with Crippen molar-refractivity contribution >= 4 is 28.9 Å². The SMILES string of the molecule is Clc1cc(NCC[C@@H]2CCCN2)c(Cl)nn1. The molecule has 0 spiro atoms. The van der Waals surface area contributed by atoms with Gasteiger partial charge in [-0.1, -0.05) is 23.2 Å². The third kappa shape index (κ3) is 3.20. The van der Waals surface area contributed by atoms with Crippen molar-refractivity contribution in [1.82, 2.24) is 15.5 Å². The van der Waals surface area contributed by atoms with Crippen molar-refractivity contribution in [3.8, 4) is 0 Å². The summed E-state index contributed by atoms with van der Waals surface area (Å²) < 4.78 is 0. The van der Waals surface area contributed by atoms with Gasteiger partial charge in [0.15, 0.2) is 10.3 Å². The molecule has 0 bridgehead atoms. The van der Waals surface area contributed by atoms with Crippen molar-refractivity contribution in [3.63, 3.8) is 0 Å². The molecule has 2 N–H and O–H groups in total. The van der Waals surface area contributed by atoms with Crippen molar-refractivity contribution < 1.29 is 0 Å².